The van der Waals surface area contributed by atoms with Gasteiger partial charge in [0, 0.05) is 12.6 Å². The Hall–Kier alpha value is -0.150. The molecule has 1 atom stereocenters. The van der Waals surface area contributed by atoms with Crippen LogP contribution >= 0.6 is 0 Å². The van der Waals surface area contributed by atoms with Gasteiger partial charge in [-0.2, -0.15) is 0 Å². The van der Waals surface area contributed by atoms with Crippen LogP contribution in [-0.2, 0) is 0 Å². The molecule has 0 saturated carbocycles. The zero-order valence-electron chi connectivity index (χ0n) is 10.0. The lowest BCUT2D eigenvalue weighted by atomic mass is 10.0. The first-order chi connectivity index (χ1) is 6.56. The van der Waals surface area contributed by atoms with Crippen LogP contribution in [0.4, 0.5) is 4.39 Å². The molecule has 0 aliphatic heterocycles. The summed E-state index contributed by atoms with van der Waals surface area (Å²) in [5.41, 5.74) is 0. The minimum atomic E-state index is -0.219. The van der Waals surface area contributed by atoms with Crippen molar-refractivity contribution in [2.75, 3.05) is 33.9 Å². The molecule has 0 aromatic rings. The highest BCUT2D eigenvalue weighted by Crippen LogP contribution is 2.05. The Morgan fingerprint density at radius 2 is 1.93 bits per heavy atom. The van der Waals surface area contributed by atoms with Crippen LogP contribution in [0.15, 0.2) is 0 Å². The number of rotatable bonds is 8. The van der Waals surface area contributed by atoms with Crippen molar-refractivity contribution in [1.82, 2.24) is 10.2 Å². The average Bonchev–Trinajstić information content (AvgIpc) is 2.02. The van der Waals surface area contributed by atoms with E-state index in [2.05, 4.69) is 38.2 Å². The topological polar surface area (TPSA) is 15.3 Å². The third-order valence-corrected chi connectivity index (χ3v) is 2.08. The van der Waals surface area contributed by atoms with Crippen molar-refractivity contribution in [3.63, 3.8) is 0 Å². The van der Waals surface area contributed by atoms with Crippen LogP contribution < -0.4 is 5.32 Å². The highest BCUT2D eigenvalue weighted by molar-refractivity contribution is 4.71. The quantitative estimate of drug-likeness (QED) is 0.608. The monoisotopic (exact) mass is 204 g/mol. The van der Waals surface area contributed by atoms with Gasteiger partial charge >= 0.3 is 0 Å². The summed E-state index contributed by atoms with van der Waals surface area (Å²) in [6, 6.07) is 0.497. The van der Waals surface area contributed by atoms with Gasteiger partial charge in [0.05, 0.1) is 6.67 Å². The average molecular weight is 204 g/mol. The molecule has 0 fully saturated rings. The Kier molecular flexibility index (Phi) is 8.09. The van der Waals surface area contributed by atoms with Gasteiger partial charge in [0.2, 0.25) is 0 Å². The van der Waals surface area contributed by atoms with E-state index in [-0.39, 0.29) is 6.67 Å². The normalized spacial score (nSPS) is 13.9. The van der Waals surface area contributed by atoms with Crippen molar-refractivity contribution in [2.45, 2.75) is 32.7 Å². The highest BCUT2D eigenvalue weighted by Gasteiger charge is 2.10. The lowest BCUT2D eigenvalue weighted by Crippen LogP contribution is -2.39. The predicted molar refractivity (Wildman–Crippen MR) is 60.4 cm³/mol. The molecule has 0 aliphatic rings. The molecule has 86 valence electrons. The first-order valence-electron chi connectivity index (χ1n) is 5.50. The van der Waals surface area contributed by atoms with Crippen molar-refractivity contribution in [2.24, 2.45) is 5.92 Å². The van der Waals surface area contributed by atoms with Gasteiger partial charge < -0.3 is 10.2 Å². The second-order valence-electron chi connectivity index (χ2n) is 4.59. The summed E-state index contributed by atoms with van der Waals surface area (Å²) in [5.74, 6) is 0.692. The molecule has 1 unspecified atom stereocenters. The molecule has 0 bridgehead atoms. The summed E-state index contributed by atoms with van der Waals surface area (Å²) in [6.07, 6.45) is 1.78. The maximum atomic E-state index is 11.9. The van der Waals surface area contributed by atoms with E-state index in [1.807, 2.05) is 0 Å². The predicted octanol–water partition coefficient (Wildman–Crippen LogP) is 1.91. The number of nitrogens with zero attached hydrogens (tertiary/aromatic N) is 1. The van der Waals surface area contributed by atoms with Gasteiger partial charge in [-0.15, -0.1) is 0 Å². The number of hydrogen-bond donors (Lipinski definition) is 1. The van der Waals surface area contributed by atoms with Crippen LogP contribution in [-0.4, -0.2) is 44.8 Å². The van der Waals surface area contributed by atoms with E-state index in [9.17, 15) is 4.39 Å². The van der Waals surface area contributed by atoms with Crippen LogP contribution in [0.2, 0.25) is 0 Å². The smallest absolute Gasteiger partial charge is 0.0906 e. The van der Waals surface area contributed by atoms with E-state index >= 15 is 0 Å². The summed E-state index contributed by atoms with van der Waals surface area (Å²) in [6.45, 7) is 6.05. The summed E-state index contributed by atoms with van der Waals surface area (Å²) < 4.78 is 11.9. The fourth-order valence-electron chi connectivity index (χ4n) is 1.61. The van der Waals surface area contributed by atoms with Crippen molar-refractivity contribution in [3.05, 3.63) is 0 Å². The summed E-state index contributed by atoms with van der Waals surface area (Å²) in [5, 5.41) is 3.40. The molecule has 0 rings (SSSR count). The van der Waals surface area contributed by atoms with Crippen LogP contribution in [0.5, 0.6) is 0 Å². The molecule has 1 N–H and O–H groups in total. The van der Waals surface area contributed by atoms with Gasteiger partial charge in [-0.05, 0) is 39.4 Å². The second kappa shape index (κ2) is 8.18. The second-order valence-corrected chi connectivity index (χ2v) is 4.59. The standard InChI is InChI=1S/C11H25FN2/c1-10(2)8-11(9-14(3)4)13-7-5-6-12/h10-11,13H,5-9H2,1-4H3. The van der Waals surface area contributed by atoms with Crippen molar-refractivity contribution < 1.29 is 4.39 Å². The third kappa shape index (κ3) is 8.45. The first-order valence-corrected chi connectivity index (χ1v) is 5.50. The lowest BCUT2D eigenvalue weighted by Gasteiger charge is -2.23. The van der Waals surface area contributed by atoms with E-state index in [1.54, 1.807) is 0 Å². The molecule has 2 nitrogen and oxygen atoms in total. The largest absolute Gasteiger partial charge is 0.313 e. The Labute approximate surface area is 87.9 Å². The van der Waals surface area contributed by atoms with Gasteiger partial charge in [0.1, 0.15) is 0 Å². The molecule has 0 spiro atoms. The fourth-order valence-corrected chi connectivity index (χ4v) is 1.61. The Morgan fingerprint density at radius 1 is 1.29 bits per heavy atom. The number of hydrogen-bond acceptors (Lipinski definition) is 2. The molecule has 0 aliphatic carbocycles. The van der Waals surface area contributed by atoms with E-state index in [1.165, 1.54) is 0 Å². The maximum Gasteiger partial charge on any atom is 0.0906 e. The number of alkyl halides is 1. The van der Waals surface area contributed by atoms with Gasteiger partial charge in [-0.25, -0.2) is 0 Å². The number of nitrogens with one attached hydrogen (secondary N) is 1. The minimum Gasteiger partial charge on any atom is -0.313 e. The van der Waals surface area contributed by atoms with Gasteiger partial charge in [0.15, 0.2) is 0 Å². The van der Waals surface area contributed by atoms with Crippen molar-refractivity contribution in [1.29, 1.82) is 0 Å². The van der Waals surface area contributed by atoms with E-state index in [4.69, 9.17) is 0 Å². The van der Waals surface area contributed by atoms with E-state index < -0.39 is 0 Å². The molecule has 0 amide bonds. The third-order valence-electron chi connectivity index (χ3n) is 2.08. The summed E-state index contributed by atoms with van der Waals surface area (Å²) in [7, 11) is 4.15. The molecule has 14 heavy (non-hydrogen) atoms. The SMILES string of the molecule is CC(C)CC(CN(C)C)NCCCF. The lowest BCUT2D eigenvalue weighted by molar-refractivity contribution is 0.302. The molecular formula is C11H25FN2. The van der Waals surface area contributed by atoms with Crippen LogP contribution in [0.3, 0.4) is 0 Å². The van der Waals surface area contributed by atoms with Crippen molar-refractivity contribution in [3.8, 4) is 0 Å². The van der Waals surface area contributed by atoms with Gasteiger partial charge in [-0.3, -0.25) is 4.39 Å². The van der Waals surface area contributed by atoms with Crippen LogP contribution in [0.1, 0.15) is 26.7 Å². The van der Waals surface area contributed by atoms with Gasteiger partial charge in [0.25, 0.3) is 0 Å². The molecule has 0 aromatic heterocycles. The molecule has 0 heterocycles. The fraction of sp³-hybridized carbons (Fsp3) is 1.00. The van der Waals surface area contributed by atoms with Crippen LogP contribution in [0, 0.1) is 5.92 Å². The molecule has 0 radical (unpaired) electrons. The zero-order chi connectivity index (χ0) is 11.0. The Morgan fingerprint density at radius 3 is 2.36 bits per heavy atom. The molecular weight excluding hydrogens is 179 g/mol. The van der Waals surface area contributed by atoms with Gasteiger partial charge in [-0.1, -0.05) is 13.8 Å². The first kappa shape index (κ1) is 13.8. The van der Waals surface area contributed by atoms with E-state index in [0.29, 0.717) is 18.4 Å². The molecule has 0 saturated heterocycles. The van der Waals surface area contributed by atoms with E-state index in [0.717, 1.165) is 19.5 Å². The molecule has 3 heteroatoms. The number of halogens is 1. The molecule has 0 aromatic carbocycles. The van der Waals surface area contributed by atoms with Crippen molar-refractivity contribution >= 4 is 0 Å². The Bertz CT molecular complexity index is 116. The maximum absolute atomic E-state index is 11.9. The Balaban J connectivity index is 3.72. The summed E-state index contributed by atoms with van der Waals surface area (Å²) >= 11 is 0. The van der Waals surface area contributed by atoms with Crippen LogP contribution in [0.25, 0.3) is 0 Å². The summed E-state index contributed by atoms with van der Waals surface area (Å²) in [4.78, 5) is 2.18. The highest BCUT2D eigenvalue weighted by atomic mass is 19.1. The number of likely N-dealkylation sites (N-methyl/N-ethyl adjacent to an activating group) is 1. The zero-order valence-corrected chi connectivity index (χ0v) is 10.0. The minimum absolute atomic E-state index is 0.219.